The van der Waals surface area contributed by atoms with Crippen LogP contribution in [0.1, 0.15) is 70.4 Å². The predicted molar refractivity (Wildman–Crippen MR) is 223 cm³/mol. The van der Waals surface area contributed by atoms with Crippen LogP contribution < -0.4 is 15.4 Å². The fourth-order valence-electron chi connectivity index (χ4n) is 12.4. The van der Waals surface area contributed by atoms with Gasteiger partial charge in [0.25, 0.3) is 0 Å². The Morgan fingerprint density at radius 3 is 2.65 bits per heavy atom. The van der Waals surface area contributed by atoms with Gasteiger partial charge in [-0.25, -0.2) is 0 Å². The summed E-state index contributed by atoms with van der Waals surface area (Å²) >= 11 is 0. The Kier molecular flexibility index (Phi) is 9.16. The number of aliphatic hydroxyl groups is 6. The van der Waals surface area contributed by atoms with Gasteiger partial charge in [0, 0.05) is 35.3 Å². The number of dihydropyridines is 1. The van der Waals surface area contributed by atoms with Crippen LogP contribution in [0.5, 0.6) is 5.75 Å². The van der Waals surface area contributed by atoms with E-state index in [1.54, 1.807) is 35.1 Å². The van der Waals surface area contributed by atoms with Crippen LogP contribution in [0.2, 0.25) is 0 Å². The smallest absolute Gasteiger partial charge is 0.229 e. The van der Waals surface area contributed by atoms with Crippen LogP contribution in [0.15, 0.2) is 100 Å². The molecule has 11 unspecified atom stereocenters. The molecule has 0 amide bonds. The van der Waals surface area contributed by atoms with Crippen molar-refractivity contribution < 1.29 is 49.7 Å². The Labute approximate surface area is 354 Å². The summed E-state index contributed by atoms with van der Waals surface area (Å²) in [4.78, 5) is 30.2. The second-order valence-corrected chi connectivity index (χ2v) is 20.6. The third kappa shape index (κ3) is 5.41. The monoisotopic (exact) mass is 852 g/mol. The van der Waals surface area contributed by atoms with Gasteiger partial charge in [-0.05, 0) is 95.9 Å². The molecule has 314 valence electrons. The van der Waals surface area contributed by atoms with Gasteiger partial charge >= 0.3 is 0 Å². The number of ether oxygens (including phenoxy) is 2. The van der Waals surface area contributed by atoms with E-state index in [0.717, 1.165) is 48.2 Å². The van der Waals surface area contributed by atoms with Crippen LogP contribution in [0.3, 0.4) is 0 Å². The molecule has 1 saturated carbocycles. The Balaban J connectivity index is 1.06. The number of benzene rings is 2. The van der Waals surface area contributed by atoms with Crippen LogP contribution in [-0.2, 0) is 17.8 Å². The summed E-state index contributed by atoms with van der Waals surface area (Å²) in [6, 6.07) is 12.1. The number of ketones is 2. The molecule has 2 spiro atoms. The van der Waals surface area contributed by atoms with E-state index < -0.39 is 59.3 Å². The quantitative estimate of drug-likeness (QED) is 0.203. The van der Waals surface area contributed by atoms with Crippen LogP contribution in [0, 0.1) is 28.6 Å². The predicted octanol–water partition coefficient (Wildman–Crippen LogP) is 4.30. The Morgan fingerprint density at radius 1 is 0.983 bits per heavy atom. The van der Waals surface area contributed by atoms with Gasteiger partial charge in [-0.1, -0.05) is 70.1 Å². The van der Waals surface area contributed by atoms with Crippen LogP contribution >= 0.6 is 21.6 Å². The molecule has 8 N–H and O–H groups in total. The van der Waals surface area contributed by atoms with Crippen LogP contribution in [0.25, 0.3) is 0 Å². The molecular formula is C46H48N2O10S2. The van der Waals surface area contributed by atoms with Crippen molar-refractivity contribution in [3.63, 3.8) is 0 Å². The molecular weight excluding hydrogens is 805 g/mol. The number of hydrogen-bond acceptors (Lipinski definition) is 14. The fraction of sp³-hybridized carbons (Fsp3) is 0.478. The second kappa shape index (κ2) is 14.1. The van der Waals surface area contributed by atoms with E-state index in [9.17, 15) is 35.4 Å². The first-order chi connectivity index (χ1) is 29.0. The lowest BCUT2D eigenvalue weighted by Gasteiger charge is -2.58. The van der Waals surface area contributed by atoms with Crippen molar-refractivity contribution in [2.24, 2.45) is 28.6 Å². The van der Waals surface area contributed by atoms with Gasteiger partial charge in [-0.15, -0.1) is 0 Å². The van der Waals surface area contributed by atoms with E-state index in [0.29, 0.717) is 25.0 Å². The Morgan fingerprint density at radius 2 is 1.82 bits per heavy atom. The molecule has 2 fully saturated rings. The first kappa shape index (κ1) is 39.0. The minimum Gasteiger partial charge on any atom is -0.511 e. The number of aliphatic hydroxyl groups excluding tert-OH is 5. The highest BCUT2D eigenvalue weighted by atomic mass is 33.1. The zero-order valence-electron chi connectivity index (χ0n) is 32.8. The summed E-state index contributed by atoms with van der Waals surface area (Å²) in [5, 5.41) is 77.1. The van der Waals surface area contributed by atoms with E-state index in [4.69, 9.17) is 9.47 Å². The van der Waals surface area contributed by atoms with Crippen LogP contribution in [-0.4, -0.2) is 96.7 Å². The van der Waals surface area contributed by atoms with Gasteiger partial charge in [0.1, 0.15) is 46.7 Å². The summed E-state index contributed by atoms with van der Waals surface area (Å²) in [5.74, 6) is -1.14. The maximum atomic E-state index is 15.4. The third-order valence-electron chi connectivity index (χ3n) is 15.1. The molecule has 2 aromatic carbocycles. The van der Waals surface area contributed by atoms with E-state index in [2.05, 4.69) is 16.7 Å². The summed E-state index contributed by atoms with van der Waals surface area (Å²) in [6.45, 7) is -0.190. The lowest BCUT2D eigenvalue weighted by atomic mass is 9.51. The molecule has 12 nitrogen and oxygen atoms in total. The number of carbonyl (C=O) groups excluding carboxylic acids is 2. The topological polar surface area (TPSA) is 198 Å². The first-order valence-electron chi connectivity index (χ1n) is 21.0. The van der Waals surface area contributed by atoms with Crippen LogP contribution in [0.4, 0.5) is 0 Å². The minimum absolute atomic E-state index is 0.00244. The molecule has 6 heterocycles. The second-order valence-electron chi connectivity index (χ2n) is 18.1. The van der Waals surface area contributed by atoms with E-state index >= 15 is 4.79 Å². The molecule has 13 rings (SSSR count). The average molecular weight is 853 g/mol. The van der Waals surface area contributed by atoms with Crippen molar-refractivity contribution in [2.45, 2.75) is 87.1 Å². The Hall–Kier alpha value is -3.86. The Bertz CT molecular complexity index is 2390. The molecule has 11 aliphatic rings. The summed E-state index contributed by atoms with van der Waals surface area (Å²) < 4.78 is 12.5. The molecule has 0 radical (unpaired) electrons. The molecule has 2 aromatic rings. The van der Waals surface area contributed by atoms with Crippen molar-refractivity contribution >= 4 is 33.2 Å². The normalized spacial score (nSPS) is 38.8. The number of rotatable bonds is 4. The van der Waals surface area contributed by atoms with Gasteiger partial charge in [-0.2, -0.15) is 0 Å². The maximum Gasteiger partial charge on any atom is 0.229 e. The summed E-state index contributed by atoms with van der Waals surface area (Å²) in [5.41, 5.74) is 2.51. The zero-order valence-corrected chi connectivity index (χ0v) is 34.4. The SMILES string of the molecule is O=C1c2cccc3c2C(=O)C2(CSSC4CC5=CC6CCC7CCC8=C(C5=C(NC8)N4)C67CC4(O)C(O)C(CO)OC(O3)C4O)C(O)=CC(Cc3cccc(CO)c3)=CC12. The highest BCUT2D eigenvalue weighted by Gasteiger charge is 2.66. The highest BCUT2D eigenvalue weighted by Crippen LogP contribution is 2.68. The van der Waals surface area contributed by atoms with Crippen molar-refractivity contribution in [1.29, 1.82) is 0 Å². The number of nitrogens with one attached hydrogen (secondary N) is 2. The molecule has 0 aromatic heterocycles. The molecule has 1 saturated heterocycles. The third-order valence-corrected chi connectivity index (χ3v) is 17.8. The molecule has 11 atom stereocenters. The van der Waals surface area contributed by atoms with Gasteiger partial charge in [0.15, 0.2) is 11.6 Å². The largest absolute Gasteiger partial charge is 0.511 e. The average Bonchev–Trinajstić information content (AvgIpc) is 3.60. The van der Waals surface area contributed by atoms with Crippen molar-refractivity contribution in [3.8, 4) is 5.75 Å². The van der Waals surface area contributed by atoms with Crippen molar-refractivity contribution in [1.82, 2.24) is 10.6 Å². The van der Waals surface area contributed by atoms with Gasteiger partial charge in [-0.3, -0.25) is 9.59 Å². The van der Waals surface area contributed by atoms with E-state index in [1.165, 1.54) is 33.6 Å². The van der Waals surface area contributed by atoms with Crippen molar-refractivity contribution in [3.05, 3.63) is 122 Å². The number of hydrogen-bond donors (Lipinski definition) is 8. The number of carbonyl (C=O) groups is 2. The van der Waals surface area contributed by atoms with Gasteiger partial charge in [0.2, 0.25) is 6.29 Å². The number of allylic oxidation sites excluding steroid dienone is 7. The standard InChI is InChI=1S/C46H48N2O10S2/c49-18-23-4-1-3-22(11-23)12-24-13-30-38(52)29-5-2-6-31-36(29)40(54)45(30,33(51)14-24)21-59-60-34-16-26-15-28-10-9-27-8-7-25-17-47-42(48-34)35(26)37(25)44(27,28)20-46(56)39(53)32(19-50)58-43(57-31)41(46)55/h1-6,11,13-15,27-28,30,32,34,39,41,43,47-51,53,55-56H,7-10,12,16-21H2. The molecule has 14 heteroatoms. The first-order valence-corrected chi connectivity index (χ1v) is 23.4. The zero-order chi connectivity index (χ0) is 41.3. The molecule has 10 bridgehead atoms. The minimum atomic E-state index is -2.21. The lowest BCUT2D eigenvalue weighted by Crippen LogP contribution is -2.70. The number of Topliss-reactive ketones (excluding diaryl/α,β-unsaturated/α-hetero) is 2. The van der Waals surface area contributed by atoms with Gasteiger partial charge < -0.3 is 50.7 Å². The fourth-order valence-corrected chi connectivity index (χ4v) is 15.3. The lowest BCUT2D eigenvalue weighted by molar-refractivity contribution is -0.321. The molecule has 60 heavy (non-hydrogen) atoms. The maximum absolute atomic E-state index is 15.4. The van der Waals surface area contributed by atoms with Crippen molar-refractivity contribution in [2.75, 3.05) is 18.9 Å². The molecule has 6 aliphatic heterocycles. The van der Waals surface area contributed by atoms with E-state index in [-0.39, 0.29) is 64.4 Å². The van der Waals surface area contributed by atoms with E-state index in [1.807, 2.05) is 24.3 Å². The molecule has 5 aliphatic carbocycles. The summed E-state index contributed by atoms with van der Waals surface area (Å²) in [6.07, 6.45) is 3.88. The summed E-state index contributed by atoms with van der Waals surface area (Å²) in [7, 11) is 3.00. The van der Waals surface area contributed by atoms with Gasteiger partial charge in [0.05, 0.1) is 30.1 Å². The highest BCUT2D eigenvalue weighted by molar-refractivity contribution is 8.76.